The first-order valence-corrected chi connectivity index (χ1v) is 6.85. The van der Waals surface area contributed by atoms with E-state index in [2.05, 4.69) is 0 Å². The van der Waals surface area contributed by atoms with Gasteiger partial charge in [-0.15, -0.1) is 11.8 Å². The smallest absolute Gasteiger partial charge is 0.121 e. The standard InChI is InChI=1S/C14H14ClNOS/c1-17-13-7-10(6-12(16)8-13)9-18-14-4-2-11(15)3-5-14/h2-8H,9,16H2,1H3. The Labute approximate surface area is 116 Å². The van der Waals surface area contributed by atoms with Crippen LogP contribution in [0.2, 0.25) is 5.02 Å². The van der Waals surface area contributed by atoms with Crippen LogP contribution in [0, 0.1) is 0 Å². The second kappa shape index (κ2) is 6.03. The number of halogens is 1. The molecule has 2 aromatic rings. The fraction of sp³-hybridized carbons (Fsp3) is 0.143. The minimum Gasteiger partial charge on any atom is -0.497 e. The molecule has 0 bridgehead atoms. The van der Waals surface area contributed by atoms with Crippen molar-refractivity contribution in [3.8, 4) is 5.75 Å². The molecule has 2 N–H and O–H groups in total. The van der Waals surface area contributed by atoms with Crippen molar-refractivity contribution in [2.45, 2.75) is 10.6 Å². The zero-order valence-electron chi connectivity index (χ0n) is 10.0. The maximum atomic E-state index is 5.85. The number of hydrogen-bond donors (Lipinski definition) is 1. The van der Waals surface area contributed by atoms with Gasteiger partial charge < -0.3 is 10.5 Å². The predicted molar refractivity (Wildman–Crippen MR) is 78.4 cm³/mol. The summed E-state index contributed by atoms with van der Waals surface area (Å²) >= 11 is 7.59. The van der Waals surface area contributed by atoms with Gasteiger partial charge in [0.25, 0.3) is 0 Å². The van der Waals surface area contributed by atoms with E-state index in [4.69, 9.17) is 22.1 Å². The highest BCUT2D eigenvalue weighted by atomic mass is 35.5. The van der Waals surface area contributed by atoms with Gasteiger partial charge in [0.15, 0.2) is 0 Å². The largest absolute Gasteiger partial charge is 0.497 e. The molecule has 0 spiro atoms. The van der Waals surface area contributed by atoms with Crippen molar-refractivity contribution < 1.29 is 4.74 Å². The van der Waals surface area contributed by atoms with Gasteiger partial charge in [0.1, 0.15) is 5.75 Å². The summed E-state index contributed by atoms with van der Waals surface area (Å²) in [5.41, 5.74) is 7.69. The summed E-state index contributed by atoms with van der Waals surface area (Å²) in [7, 11) is 1.64. The van der Waals surface area contributed by atoms with Crippen LogP contribution >= 0.6 is 23.4 Å². The molecule has 0 aliphatic heterocycles. The molecule has 18 heavy (non-hydrogen) atoms. The van der Waals surface area contributed by atoms with Crippen molar-refractivity contribution in [1.82, 2.24) is 0 Å². The molecular weight excluding hydrogens is 266 g/mol. The molecule has 2 nitrogen and oxygen atoms in total. The molecule has 4 heteroatoms. The number of nitrogen functional groups attached to an aromatic ring is 1. The topological polar surface area (TPSA) is 35.2 Å². The summed E-state index contributed by atoms with van der Waals surface area (Å²) in [5.74, 6) is 1.64. The molecule has 2 rings (SSSR count). The van der Waals surface area contributed by atoms with Crippen LogP contribution in [0.1, 0.15) is 5.56 Å². The summed E-state index contributed by atoms with van der Waals surface area (Å²) in [6.07, 6.45) is 0. The SMILES string of the molecule is COc1cc(N)cc(CSc2ccc(Cl)cc2)c1. The van der Waals surface area contributed by atoms with Crippen LogP contribution in [0.4, 0.5) is 5.69 Å². The Balaban J connectivity index is 2.05. The van der Waals surface area contributed by atoms with E-state index in [1.807, 2.05) is 42.5 Å². The molecule has 0 radical (unpaired) electrons. The van der Waals surface area contributed by atoms with E-state index in [9.17, 15) is 0 Å². The van der Waals surface area contributed by atoms with Crippen molar-refractivity contribution >= 4 is 29.1 Å². The molecule has 0 amide bonds. The van der Waals surface area contributed by atoms with E-state index in [0.29, 0.717) is 0 Å². The Kier molecular flexibility index (Phi) is 4.39. The van der Waals surface area contributed by atoms with Gasteiger partial charge >= 0.3 is 0 Å². The molecule has 2 aromatic carbocycles. The van der Waals surface area contributed by atoms with Gasteiger partial charge in [0.05, 0.1) is 7.11 Å². The van der Waals surface area contributed by atoms with Crippen molar-refractivity contribution in [3.63, 3.8) is 0 Å². The molecule has 0 heterocycles. The molecule has 0 saturated carbocycles. The zero-order valence-corrected chi connectivity index (χ0v) is 11.6. The molecule has 0 aliphatic rings. The molecule has 0 unspecified atom stereocenters. The van der Waals surface area contributed by atoms with Crippen LogP contribution in [0.3, 0.4) is 0 Å². The summed E-state index contributed by atoms with van der Waals surface area (Å²) in [4.78, 5) is 1.18. The van der Waals surface area contributed by atoms with Gasteiger partial charge in [-0.1, -0.05) is 11.6 Å². The van der Waals surface area contributed by atoms with Crippen molar-refractivity contribution in [1.29, 1.82) is 0 Å². The lowest BCUT2D eigenvalue weighted by Crippen LogP contribution is -1.91. The highest BCUT2D eigenvalue weighted by molar-refractivity contribution is 7.98. The van der Waals surface area contributed by atoms with E-state index in [0.717, 1.165) is 27.8 Å². The molecule has 0 aromatic heterocycles. The van der Waals surface area contributed by atoms with Crippen molar-refractivity contribution in [2.75, 3.05) is 12.8 Å². The van der Waals surface area contributed by atoms with E-state index in [1.54, 1.807) is 18.9 Å². The molecule has 0 saturated heterocycles. The van der Waals surface area contributed by atoms with Crippen LogP contribution in [-0.4, -0.2) is 7.11 Å². The average molecular weight is 280 g/mol. The molecule has 94 valence electrons. The van der Waals surface area contributed by atoms with Crippen LogP contribution in [0.15, 0.2) is 47.4 Å². The Morgan fingerprint density at radius 3 is 2.56 bits per heavy atom. The van der Waals surface area contributed by atoms with E-state index >= 15 is 0 Å². The lowest BCUT2D eigenvalue weighted by atomic mass is 10.2. The first-order valence-electron chi connectivity index (χ1n) is 5.49. The molecule has 0 atom stereocenters. The Morgan fingerprint density at radius 1 is 1.17 bits per heavy atom. The summed E-state index contributed by atoms with van der Waals surface area (Å²) < 4.78 is 5.20. The predicted octanol–water partition coefficient (Wildman–Crippen LogP) is 4.22. The normalized spacial score (nSPS) is 10.3. The lowest BCUT2D eigenvalue weighted by Gasteiger charge is -2.06. The third-order valence-corrected chi connectivity index (χ3v) is 3.78. The van der Waals surface area contributed by atoms with Crippen molar-refractivity contribution in [3.05, 3.63) is 53.1 Å². The van der Waals surface area contributed by atoms with Crippen LogP contribution in [0.5, 0.6) is 5.75 Å². The minimum atomic E-state index is 0.723. The van der Waals surface area contributed by atoms with Crippen LogP contribution in [-0.2, 0) is 5.75 Å². The van der Waals surface area contributed by atoms with E-state index in [-0.39, 0.29) is 0 Å². The van der Waals surface area contributed by atoms with Gasteiger partial charge in [-0.05, 0) is 42.0 Å². The number of ether oxygens (including phenoxy) is 1. The monoisotopic (exact) mass is 279 g/mol. The van der Waals surface area contributed by atoms with Gasteiger partial charge in [-0.25, -0.2) is 0 Å². The maximum Gasteiger partial charge on any atom is 0.121 e. The summed E-state index contributed by atoms with van der Waals surface area (Å²) in [6, 6.07) is 13.6. The number of hydrogen-bond acceptors (Lipinski definition) is 3. The quantitative estimate of drug-likeness (QED) is 0.672. The highest BCUT2D eigenvalue weighted by Gasteiger charge is 2.01. The van der Waals surface area contributed by atoms with Gasteiger partial charge in [0.2, 0.25) is 0 Å². The second-order valence-corrected chi connectivity index (χ2v) is 5.34. The highest BCUT2D eigenvalue weighted by Crippen LogP contribution is 2.27. The molecular formula is C14H14ClNOS. The van der Waals surface area contributed by atoms with Gasteiger partial charge in [0, 0.05) is 27.4 Å². The zero-order chi connectivity index (χ0) is 13.0. The summed E-state index contributed by atoms with van der Waals surface area (Å²) in [5, 5.41) is 0.755. The fourth-order valence-corrected chi connectivity index (χ4v) is 2.54. The average Bonchev–Trinajstić information content (AvgIpc) is 2.37. The lowest BCUT2D eigenvalue weighted by molar-refractivity contribution is 0.414. The number of thioether (sulfide) groups is 1. The van der Waals surface area contributed by atoms with E-state index < -0.39 is 0 Å². The third-order valence-electron chi connectivity index (χ3n) is 2.44. The van der Waals surface area contributed by atoms with Crippen molar-refractivity contribution in [2.24, 2.45) is 0 Å². The number of benzene rings is 2. The van der Waals surface area contributed by atoms with Gasteiger partial charge in [-0.2, -0.15) is 0 Å². The molecule has 0 fully saturated rings. The Bertz CT molecular complexity index is 528. The molecule has 0 aliphatic carbocycles. The number of rotatable bonds is 4. The number of methoxy groups -OCH3 is 1. The first-order chi connectivity index (χ1) is 8.67. The minimum absolute atomic E-state index is 0.723. The second-order valence-electron chi connectivity index (χ2n) is 3.86. The van der Waals surface area contributed by atoms with Crippen LogP contribution < -0.4 is 10.5 Å². The maximum absolute atomic E-state index is 5.85. The number of nitrogens with two attached hydrogens (primary N) is 1. The Morgan fingerprint density at radius 2 is 1.89 bits per heavy atom. The number of anilines is 1. The third kappa shape index (κ3) is 3.59. The fourth-order valence-electron chi connectivity index (χ4n) is 1.58. The van der Waals surface area contributed by atoms with Crippen LogP contribution in [0.25, 0.3) is 0 Å². The first kappa shape index (κ1) is 13.1. The summed E-state index contributed by atoms with van der Waals surface area (Å²) in [6.45, 7) is 0. The Hall–Kier alpha value is -1.32. The van der Waals surface area contributed by atoms with E-state index in [1.165, 1.54) is 4.90 Å². The van der Waals surface area contributed by atoms with Gasteiger partial charge in [-0.3, -0.25) is 0 Å².